The van der Waals surface area contributed by atoms with Gasteiger partial charge < -0.3 is 15.1 Å². The molecule has 2 heterocycles. The Bertz CT molecular complexity index is 1470. The maximum absolute atomic E-state index is 13.5. The number of fused-ring (bicyclic) bond motifs is 1. The lowest BCUT2D eigenvalue weighted by Gasteiger charge is -2.16. The predicted octanol–water partition coefficient (Wildman–Crippen LogP) is 2.59. The first-order valence-corrected chi connectivity index (χ1v) is 11.3. The number of aromatic nitrogens is 2. The minimum atomic E-state index is -0.666. The lowest BCUT2D eigenvalue weighted by atomic mass is 10.1. The molecule has 0 spiro atoms. The van der Waals surface area contributed by atoms with Crippen LogP contribution in [0.5, 0.6) is 0 Å². The van der Waals surface area contributed by atoms with Gasteiger partial charge in [0.15, 0.2) is 0 Å². The van der Waals surface area contributed by atoms with E-state index in [9.17, 15) is 19.2 Å². The van der Waals surface area contributed by atoms with Crippen LogP contribution < -0.4 is 21.9 Å². The van der Waals surface area contributed by atoms with Gasteiger partial charge in [0.25, 0.3) is 11.5 Å². The van der Waals surface area contributed by atoms with Crippen LogP contribution in [0.15, 0.2) is 80.9 Å². The summed E-state index contributed by atoms with van der Waals surface area (Å²) in [6.07, 6.45) is 2.24. The van der Waals surface area contributed by atoms with Gasteiger partial charge in [-0.25, -0.2) is 9.36 Å². The minimum Gasteiger partial charge on any atom is -0.467 e. The molecule has 4 aromatic rings. The summed E-state index contributed by atoms with van der Waals surface area (Å²) in [5, 5.41) is 5.80. The number of carbonyl (C=O) groups is 2. The number of nitrogens with one attached hydrogen (secondary N) is 2. The lowest BCUT2D eigenvalue weighted by molar-refractivity contribution is -0.122. The Morgan fingerprint density at radius 3 is 2.49 bits per heavy atom. The maximum Gasteiger partial charge on any atom is 0.336 e. The highest BCUT2D eigenvalue weighted by Crippen LogP contribution is 2.14. The average Bonchev–Trinajstić information content (AvgIpc) is 3.39. The molecule has 0 unspecified atom stereocenters. The Kier molecular flexibility index (Phi) is 6.96. The number of hydrogen-bond acceptors (Lipinski definition) is 5. The Morgan fingerprint density at radius 2 is 1.80 bits per heavy atom. The number of para-hydroxylation sites is 1. The van der Waals surface area contributed by atoms with Gasteiger partial charge in [0.05, 0.1) is 29.4 Å². The van der Waals surface area contributed by atoms with E-state index < -0.39 is 17.2 Å². The number of amides is 2. The molecule has 0 saturated heterocycles. The average molecular weight is 475 g/mol. The third-order valence-electron chi connectivity index (χ3n) is 5.75. The van der Waals surface area contributed by atoms with Crippen molar-refractivity contribution in [1.82, 2.24) is 19.8 Å². The highest BCUT2D eigenvalue weighted by Gasteiger charge is 2.19. The molecule has 9 heteroatoms. The van der Waals surface area contributed by atoms with Gasteiger partial charge in [-0.05, 0) is 55.8 Å². The highest BCUT2D eigenvalue weighted by atomic mass is 16.3. The fourth-order valence-corrected chi connectivity index (χ4v) is 3.71. The van der Waals surface area contributed by atoms with Crippen LogP contribution in [0.1, 0.15) is 36.4 Å². The maximum atomic E-state index is 13.5. The van der Waals surface area contributed by atoms with E-state index >= 15 is 0 Å². The SMILES string of the molecule is CC[C@H](C)NC(=O)Cn1c(=O)n(-c2ccccc2)c(=O)c2ccc(C(=O)NCc3ccco3)cc21. The molecule has 0 aliphatic heterocycles. The number of carbonyl (C=O) groups excluding carboxylic acids is 2. The highest BCUT2D eigenvalue weighted by molar-refractivity contribution is 5.98. The predicted molar refractivity (Wildman–Crippen MR) is 132 cm³/mol. The largest absolute Gasteiger partial charge is 0.467 e. The third kappa shape index (κ3) is 5.08. The zero-order chi connectivity index (χ0) is 24.9. The van der Waals surface area contributed by atoms with E-state index in [1.807, 2.05) is 13.8 Å². The van der Waals surface area contributed by atoms with Crippen molar-refractivity contribution in [3.8, 4) is 5.69 Å². The second-order valence-corrected chi connectivity index (χ2v) is 8.22. The molecule has 0 aliphatic rings. The van der Waals surface area contributed by atoms with E-state index in [4.69, 9.17) is 4.42 Å². The molecule has 0 saturated carbocycles. The number of hydrogen-bond donors (Lipinski definition) is 2. The van der Waals surface area contributed by atoms with Gasteiger partial charge in [0, 0.05) is 11.6 Å². The van der Waals surface area contributed by atoms with Gasteiger partial charge in [-0.15, -0.1) is 0 Å². The van der Waals surface area contributed by atoms with Crippen LogP contribution in [-0.4, -0.2) is 27.0 Å². The minimum absolute atomic E-state index is 0.0764. The van der Waals surface area contributed by atoms with E-state index in [1.54, 1.807) is 42.5 Å². The number of furan rings is 1. The normalized spacial score (nSPS) is 11.8. The molecule has 9 nitrogen and oxygen atoms in total. The molecule has 1 atom stereocenters. The molecule has 2 N–H and O–H groups in total. The first-order chi connectivity index (χ1) is 16.9. The van der Waals surface area contributed by atoms with Crippen molar-refractivity contribution in [2.45, 2.75) is 39.4 Å². The fourth-order valence-electron chi connectivity index (χ4n) is 3.71. The number of rotatable bonds is 8. The molecule has 2 aromatic carbocycles. The van der Waals surface area contributed by atoms with E-state index in [0.717, 1.165) is 11.0 Å². The van der Waals surface area contributed by atoms with Gasteiger partial charge in [-0.1, -0.05) is 25.1 Å². The second kappa shape index (κ2) is 10.3. The molecule has 4 rings (SSSR count). The van der Waals surface area contributed by atoms with Crippen LogP contribution in [0, 0.1) is 0 Å². The summed E-state index contributed by atoms with van der Waals surface area (Å²) in [5.41, 5.74) is -0.354. The summed E-state index contributed by atoms with van der Waals surface area (Å²) in [5.74, 6) is -0.184. The fraction of sp³-hybridized carbons (Fsp3) is 0.231. The topological polar surface area (TPSA) is 115 Å². The Balaban J connectivity index is 1.81. The van der Waals surface area contributed by atoms with Gasteiger partial charge in [-0.3, -0.25) is 19.0 Å². The molecule has 0 bridgehead atoms. The van der Waals surface area contributed by atoms with Crippen LogP contribution >= 0.6 is 0 Å². The Labute approximate surface area is 201 Å². The van der Waals surface area contributed by atoms with Crippen molar-refractivity contribution < 1.29 is 14.0 Å². The summed E-state index contributed by atoms with van der Waals surface area (Å²) in [6.45, 7) is 3.69. The van der Waals surface area contributed by atoms with Crippen molar-refractivity contribution in [2.75, 3.05) is 0 Å². The molecular formula is C26H26N4O5. The van der Waals surface area contributed by atoms with Crippen LogP contribution in [0.3, 0.4) is 0 Å². The molecule has 0 aliphatic carbocycles. The van der Waals surface area contributed by atoms with Crippen molar-refractivity contribution in [3.63, 3.8) is 0 Å². The van der Waals surface area contributed by atoms with E-state index in [-0.39, 0.29) is 41.5 Å². The van der Waals surface area contributed by atoms with Gasteiger partial charge in [-0.2, -0.15) is 0 Å². The first kappa shape index (κ1) is 23.7. The standard InChI is InChI=1S/C26H26N4O5/c1-3-17(2)28-23(31)16-29-22-14-18(24(32)27-15-20-10-7-13-35-20)11-12-21(22)25(33)30(26(29)34)19-8-5-4-6-9-19/h4-14,17H,3,15-16H2,1-2H3,(H,27,32)(H,28,31)/t17-/m0/s1. The quantitative estimate of drug-likeness (QED) is 0.407. The van der Waals surface area contributed by atoms with Gasteiger partial charge in [0.1, 0.15) is 12.3 Å². The molecular weight excluding hydrogens is 448 g/mol. The van der Waals surface area contributed by atoms with E-state index in [1.165, 1.54) is 29.0 Å². The van der Waals surface area contributed by atoms with Gasteiger partial charge >= 0.3 is 5.69 Å². The van der Waals surface area contributed by atoms with E-state index in [2.05, 4.69) is 10.6 Å². The zero-order valence-corrected chi connectivity index (χ0v) is 19.5. The second-order valence-electron chi connectivity index (χ2n) is 8.22. The van der Waals surface area contributed by atoms with Crippen molar-refractivity contribution in [1.29, 1.82) is 0 Å². The molecule has 35 heavy (non-hydrogen) atoms. The summed E-state index contributed by atoms with van der Waals surface area (Å²) in [4.78, 5) is 52.3. The zero-order valence-electron chi connectivity index (χ0n) is 19.5. The van der Waals surface area contributed by atoms with Crippen molar-refractivity contribution in [2.24, 2.45) is 0 Å². The Hall–Kier alpha value is -4.40. The summed E-state index contributed by atoms with van der Waals surface area (Å²) in [7, 11) is 0. The number of nitrogens with zero attached hydrogens (tertiary/aromatic N) is 2. The molecule has 2 amide bonds. The third-order valence-corrected chi connectivity index (χ3v) is 5.75. The van der Waals surface area contributed by atoms with Crippen LogP contribution in [0.25, 0.3) is 16.6 Å². The monoisotopic (exact) mass is 474 g/mol. The lowest BCUT2D eigenvalue weighted by Crippen LogP contribution is -2.43. The first-order valence-electron chi connectivity index (χ1n) is 11.3. The van der Waals surface area contributed by atoms with Gasteiger partial charge in [0.2, 0.25) is 5.91 Å². The van der Waals surface area contributed by atoms with Crippen LogP contribution in [0.2, 0.25) is 0 Å². The molecule has 2 aromatic heterocycles. The summed E-state index contributed by atoms with van der Waals surface area (Å²) in [6, 6.07) is 16.4. The molecule has 0 radical (unpaired) electrons. The smallest absolute Gasteiger partial charge is 0.336 e. The molecule has 180 valence electrons. The van der Waals surface area contributed by atoms with Crippen LogP contribution in [-0.2, 0) is 17.9 Å². The molecule has 0 fully saturated rings. The van der Waals surface area contributed by atoms with Crippen molar-refractivity contribution in [3.05, 3.63) is 99.1 Å². The summed E-state index contributed by atoms with van der Waals surface area (Å²) < 4.78 is 7.50. The van der Waals surface area contributed by atoms with E-state index in [0.29, 0.717) is 11.4 Å². The van der Waals surface area contributed by atoms with Crippen molar-refractivity contribution >= 4 is 22.7 Å². The summed E-state index contributed by atoms with van der Waals surface area (Å²) >= 11 is 0. The number of benzene rings is 2. The van der Waals surface area contributed by atoms with Crippen LogP contribution in [0.4, 0.5) is 0 Å². The Morgan fingerprint density at radius 1 is 1.03 bits per heavy atom.